The Balaban J connectivity index is 2.18. The fourth-order valence-corrected chi connectivity index (χ4v) is 2.66. The van der Waals surface area contributed by atoms with Gasteiger partial charge in [-0.3, -0.25) is 0 Å². The molecule has 0 spiro atoms. The fourth-order valence-electron chi connectivity index (χ4n) is 2.66. The Hall–Kier alpha value is -2.97. The molecule has 0 atom stereocenters. The molecular formula is C19H7F9. The van der Waals surface area contributed by atoms with E-state index in [1.807, 2.05) is 0 Å². The molecule has 146 valence electrons. The number of hydrogen-bond donors (Lipinski definition) is 0. The molecule has 0 radical (unpaired) electrons. The highest BCUT2D eigenvalue weighted by molar-refractivity contribution is 5.72. The molecule has 0 unspecified atom stereocenters. The summed E-state index contributed by atoms with van der Waals surface area (Å²) < 4.78 is 123. The normalized spacial score (nSPS) is 11.2. The fraction of sp³-hybridized carbons (Fsp3) is 0.0526. The van der Waals surface area contributed by atoms with Crippen LogP contribution in [0.3, 0.4) is 0 Å². The van der Waals surface area contributed by atoms with Gasteiger partial charge in [0.05, 0.1) is 11.1 Å². The van der Waals surface area contributed by atoms with Gasteiger partial charge in [0.2, 0.25) is 5.82 Å². The topological polar surface area (TPSA) is 0 Å². The molecular weight excluding hydrogens is 399 g/mol. The van der Waals surface area contributed by atoms with Gasteiger partial charge < -0.3 is 0 Å². The molecule has 0 fully saturated rings. The van der Waals surface area contributed by atoms with Crippen LogP contribution in [-0.2, 0) is 0 Å². The van der Waals surface area contributed by atoms with Crippen molar-refractivity contribution in [3.63, 3.8) is 0 Å². The van der Waals surface area contributed by atoms with Crippen molar-refractivity contribution in [2.75, 3.05) is 0 Å². The van der Waals surface area contributed by atoms with Gasteiger partial charge in [-0.15, -0.1) is 0 Å². The minimum absolute atomic E-state index is 0.416. The third kappa shape index (κ3) is 2.81. The van der Waals surface area contributed by atoms with E-state index in [9.17, 15) is 39.5 Å². The Morgan fingerprint density at radius 3 is 0.964 bits per heavy atom. The van der Waals surface area contributed by atoms with Crippen LogP contribution in [0.4, 0.5) is 39.5 Å². The summed E-state index contributed by atoms with van der Waals surface area (Å²) in [7, 11) is 0. The van der Waals surface area contributed by atoms with Gasteiger partial charge in [0.1, 0.15) is 0 Å². The monoisotopic (exact) mass is 406 g/mol. The first-order valence-corrected chi connectivity index (χ1v) is 7.52. The SMILES string of the molecule is Cc1c(F)c(F)c(-c2ccc(-c3c(F)c(F)c(F)c(F)c3F)cc2)c(F)c1F. The van der Waals surface area contributed by atoms with Crippen LogP contribution in [0.15, 0.2) is 24.3 Å². The van der Waals surface area contributed by atoms with Crippen LogP contribution in [0.25, 0.3) is 22.3 Å². The second kappa shape index (κ2) is 6.88. The molecule has 0 saturated heterocycles. The standard InChI is InChI=1S/C19H7F9/c1-6-11(20)13(22)9(14(23)12(6)21)7-2-4-8(5-3-7)10-15(24)17(26)19(28)18(27)16(10)25/h2-5H,1H3. The molecule has 3 rings (SSSR count). The highest BCUT2D eigenvalue weighted by atomic mass is 19.2. The van der Waals surface area contributed by atoms with E-state index in [2.05, 4.69) is 0 Å². The molecule has 0 aliphatic carbocycles. The van der Waals surface area contributed by atoms with E-state index >= 15 is 0 Å². The van der Waals surface area contributed by atoms with Crippen LogP contribution in [0, 0.1) is 59.3 Å². The summed E-state index contributed by atoms with van der Waals surface area (Å²) in [6, 6.07) is 3.23. The first-order chi connectivity index (χ1) is 13.1. The van der Waals surface area contributed by atoms with Crippen LogP contribution in [-0.4, -0.2) is 0 Å². The van der Waals surface area contributed by atoms with Crippen molar-refractivity contribution in [2.45, 2.75) is 6.92 Å². The zero-order chi connectivity index (χ0) is 20.9. The minimum atomic E-state index is -2.34. The van der Waals surface area contributed by atoms with E-state index in [1.54, 1.807) is 0 Å². The van der Waals surface area contributed by atoms with Crippen molar-refractivity contribution >= 4 is 0 Å². The maximum Gasteiger partial charge on any atom is 0.200 e. The molecule has 0 amide bonds. The third-order valence-corrected chi connectivity index (χ3v) is 4.15. The second-order valence-corrected chi connectivity index (χ2v) is 5.78. The summed E-state index contributed by atoms with van der Waals surface area (Å²) in [5.41, 5.74) is -4.14. The van der Waals surface area contributed by atoms with Crippen LogP contribution in [0.1, 0.15) is 5.56 Å². The van der Waals surface area contributed by atoms with Crippen LogP contribution < -0.4 is 0 Å². The van der Waals surface area contributed by atoms with Crippen LogP contribution in [0.2, 0.25) is 0 Å². The van der Waals surface area contributed by atoms with E-state index in [-0.39, 0.29) is 0 Å². The van der Waals surface area contributed by atoms with Crippen molar-refractivity contribution in [3.05, 3.63) is 82.2 Å². The minimum Gasteiger partial charge on any atom is -0.203 e. The smallest absolute Gasteiger partial charge is 0.200 e. The lowest BCUT2D eigenvalue weighted by Crippen LogP contribution is -2.04. The lowest BCUT2D eigenvalue weighted by Gasteiger charge is -2.12. The predicted molar refractivity (Wildman–Crippen MR) is 81.7 cm³/mol. The average Bonchev–Trinajstić information content (AvgIpc) is 2.69. The summed E-state index contributed by atoms with van der Waals surface area (Å²) >= 11 is 0. The first kappa shape index (κ1) is 19.8. The molecule has 0 nitrogen and oxygen atoms in total. The Morgan fingerprint density at radius 2 is 0.643 bits per heavy atom. The van der Waals surface area contributed by atoms with E-state index in [1.165, 1.54) is 0 Å². The van der Waals surface area contributed by atoms with Crippen molar-refractivity contribution in [3.8, 4) is 22.3 Å². The van der Waals surface area contributed by atoms with E-state index in [4.69, 9.17) is 0 Å². The van der Waals surface area contributed by atoms with Gasteiger partial charge in [0.15, 0.2) is 46.5 Å². The molecule has 0 saturated carbocycles. The van der Waals surface area contributed by atoms with Gasteiger partial charge in [0.25, 0.3) is 0 Å². The molecule has 0 aliphatic rings. The van der Waals surface area contributed by atoms with E-state index < -0.39 is 80.2 Å². The Bertz CT molecular complexity index is 955. The van der Waals surface area contributed by atoms with Gasteiger partial charge in [-0.05, 0) is 18.1 Å². The largest absolute Gasteiger partial charge is 0.203 e. The highest BCUT2D eigenvalue weighted by Crippen LogP contribution is 2.35. The zero-order valence-electron chi connectivity index (χ0n) is 13.7. The van der Waals surface area contributed by atoms with Crippen molar-refractivity contribution in [1.29, 1.82) is 0 Å². The summed E-state index contributed by atoms with van der Waals surface area (Å²) in [6.45, 7) is 0.826. The Labute approximate surface area is 151 Å². The molecule has 0 N–H and O–H groups in total. The van der Waals surface area contributed by atoms with Crippen LogP contribution in [0.5, 0.6) is 0 Å². The lowest BCUT2D eigenvalue weighted by molar-refractivity contribution is 0.381. The average molecular weight is 406 g/mol. The summed E-state index contributed by atoms with van der Waals surface area (Å²) in [6.07, 6.45) is 0. The van der Waals surface area contributed by atoms with Gasteiger partial charge in [-0.1, -0.05) is 24.3 Å². The zero-order valence-corrected chi connectivity index (χ0v) is 13.7. The molecule has 9 heteroatoms. The van der Waals surface area contributed by atoms with Gasteiger partial charge in [-0.2, -0.15) is 0 Å². The third-order valence-electron chi connectivity index (χ3n) is 4.15. The summed E-state index contributed by atoms with van der Waals surface area (Å²) in [5.74, 6) is -17.5. The molecule has 0 bridgehead atoms. The molecule has 28 heavy (non-hydrogen) atoms. The van der Waals surface area contributed by atoms with E-state index in [0.29, 0.717) is 0 Å². The first-order valence-electron chi connectivity index (χ1n) is 7.52. The van der Waals surface area contributed by atoms with Crippen molar-refractivity contribution in [1.82, 2.24) is 0 Å². The molecule has 0 heterocycles. The summed E-state index contributed by atoms with van der Waals surface area (Å²) in [4.78, 5) is 0. The quantitative estimate of drug-likeness (QED) is 0.256. The maximum absolute atomic E-state index is 14.0. The van der Waals surface area contributed by atoms with Crippen LogP contribution >= 0.6 is 0 Å². The van der Waals surface area contributed by atoms with Gasteiger partial charge >= 0.3 is 0 Å². The molecule has 3 aromatic rings. The Kier molecular flexibility index (Phi) is 4.86. The molecule has 3 aromatic carbocycles. The molecule has 0 aromatic heterocycles. The summed E-state index contributed by atoms with van der Waals surface area (Å²) in [5, 5.41) is 0. The number of benzene rings is 3. The number of halogens is 9. The van der Waals surface area contributed by atoms with Crippen molar-refractivity contribution < 1.29 is 39.5 Å². The Morgan fingerprint density at radius 1 is 0.393 bits per heavy atom. The van der Waals surface area contributed by atoms with Gasteiger partial charge in [-0.25, -0.2) is 39.5 Å². The highest BCUT2D eigenvalue weighted by Gasteiger charge is 2.27. The molecule has 0 aliphatic heterocycles. The maximum atomic E-state index is 14.0. The van der Waals surface area contributed by atoms with Gasteiger partial charge in [0, 0.05) is 5.56 Å². The number of hydrogen-bond acceptors (Lipinski definition) is 0. The second-order valence-electron chi connectivity index (χ2n) is 5.78. The number of rotatable bonds is 2. The van der Waals surface area contributed by atoms with E-state index in [0.717, 1.165) is 31.2 Å². The van der Waals surface area contributed by atoms with Crippen molar-refractivity contribution in [2.24, 2.45) is 0 Å². The predicted octanol–water partition coefficient (Wildman–Crippen LogP) is 6.58. The lowest BCUT2D eigenvalue weighted by atomic mass is 9.97.